The van der Waals surface area contributed by atoms with Crippen molar-refractivity contribution in [2.24, 2.45) is 0 Å². The largest absolute Gasteiger partial charge is 0.406 e. The van der Waals surface area contributed by atoms with Crippen LogP contribution in [0.4, 0.5) is 0 Å². The first-order valence-corrected chi connectivity index (χ1v) is 9.14. The van der Waals surface area contributed by atoms with Gasteiger partial charge in [-0.25, -0.2) is 4.57 Å². The Balaban J connectivity index is 2.11. The molecular weight excluding hydrogens is 323 g/mol. The van der Waals surface area contributed by atoms with Crippen LogP contribution in [0.2, 0.25) is 0 Å². The summed E-state index contributed by atoms with van der Waals surface area (Å²) >= 11 is 0. The van der Waals surface area contributed by atoms with Gasteiger partial charge in [-0.1, -0.05) is 66.6 Å². The van der Waals surface area contributed by atoms with Gasteiger partial charge in [0, 0.05) is 5.66 Å². The molecule has 2 rings (SSSR count). The Morgan fingerprint density at radius 2 is 1.33 bits per heavy atom. The van der Waals surface area contributed by atoms with E-state index in [0.717, 1.165) is 11.1 Å². The zero-order valence-electron chi connectivity index (χ0n) is 13.8. The van der Waals surface area contributed by atoms with Crippen molar-refractivity contribution in [2.45, 2.75) is 32.7 Å². The van der Waals surface area contributed by atoms with E-state index in [9.17, 15) is 9.67 Å². The van der Waals surface area contributed by atoms with Crippen molar-refractivity contribution in [2.75, 3.05) is 0 Å². The highest BCUT2D eigenvalue weighted by atomic mass is 31.2. The van der Waals surface area contributed by atoms with Gasteiger partial charge in [-0.3, -0.25) is 9.05 Å². The molecule has 0 amide bonds. The van der Waals surface area contributed by atoms with Crippen LogP contribution in [-0.4, -0.2) is 10.7 Å². The topological polar surface area (TPSA) is 55.8 Å². The Bertz CT molecular complexity index is 692. The van der Waals surface area contributed by atoms with E-state index in [1.165, 1.54) is 13.8 Å². The van der Waals surface area contributed by atoms with Gasteiger partial charge in [0.2, 0.25) is 0 Å². The van der Waals surface area contributed by atoms with Gasteiger partial charge < -0.3 is 5.11 Å². The monoisotopic (exact) mass is 344 g/mol. The van der Waals surface area contributed by atoms with Crippen LogP contribution >= 0.6 is 7.60 Å². The summed E-state index contributed by atoms with van der Waals surface area (Å²) in [6.45, 7) is 3.26. The molecule has 0 saturated carbocycles. The minimum absolute atomic E-state index is 0.118. The molecule has 0 fully saturated rings. The molecule has 0 heterocycles. The van der Waals surface area contributed by atoms with Crippen molar-refractivity contribution < 1.29 is 18.7 Å². The minimum Gasteiger partial charge on any atom is -0.378 e. The van der Waals surface area contributed by atoms with E-state index >= 15 is 0 Å². The van der Waals surface area contributed by atoms with Crippen molar-refractivity contribution in [1.82, 2.24) is 0 Å². The zero-order valence-corrected chi connectivity index (χ0v) is 14.7. The van der Waals surface area contributed by atoms with Crippen LogP contribution in [0.25, 0.3) is 0 Å². The molecule has 0 spiro atoms. The maximum atomic E-state index is 12.9. The second kappa shape index (κ2) is 8.28. The lowest BCUT2D eigenvalue weighted by atomic mass is 10.2. The first kappa shape index (κ1) is 18.4. The number of hydrogen-bond acceptors (Lipinski definition) is 4. The van der Waals surface area contributed by atoms with E-state index in [1.807, 2.05) is 60.7 Å². The predicted molar refractivity (Wildman–Crippen MR) is 94.1 cm³/mol. The first-order chi connectivity index (χ1) is 11.4. The molecule has 0 aliphatic rings. The molecule has 0 unspecified atom stereocenters. The molecule has 126 valence electrons. The molecular formula is C19H21O4P. The van der Waals surface area contributed by atoms with E-state index in [-0.39, 0.29) is 13.2 Å². The first-order valence-electron chi connectivity index (χ1n) is 7.60. The summed E-state index contributed by atoms with van der Waals surface area (Å²) in [5.41, 5.74) is 2.95. The van der Waals surface area contributed by atoms with Gasteiger partial charge in [-0.2, -0.15) is 0 Å². The SMILES string of the molecule is CC(C)(O)C#CP(=O)(OCc1ccccc1)OCc1ccccc1. The average molecular weight is 344 g/mol. The maximum Gasteiger partial charge on any atom is 0.406 e. The lowest BCUT2D eigenvalue weighted by molar-refractivity contribution is 0.143. The molecule has 5 heteroatoms. The van der Waals surface area contributed by atoms with Crippen LogP contribution in [0.3, 0.4) is 0 Å². The van der Waals surface area contributed by atoms with Crippen LogP contribution in [0, 0.1) is 11.6 Å². The van der Waals surface area contributed by atoms with Crippen LogP contribution in [-0.2, 0) is 26.8 Å². The summed E-state index contributed by atoms with van der Waals surface area (Å²) in [4.78, 5) is 0. The van der Waals surface area contributed by atoms with Crippen LogP contribution in [0.1, 0.15) is 25.0 Å². The molecule has 4 nitrogen and oxygen atoms in total. The summed E-state index contributed by atoms with van der Waals surface area (Å²) in [7, 11) is -3.67. The Kier molecular flexibility index (Phi) is 6.36. The second-order valence-electron chi connectivity index (χ2n) is 5.81. The molecule has 0 bridgehead atoms. The van der Waals surface area contributed by atoms with E-state index < -0.39 is 13.2 Å². The summed E-state index contributed by atoms with van der Waals surface area (Å²) in [5, 5.41) is 9.75. The molecule has 1 N–H and O–H groups in total. The molecule has 0 atom stereocenters. The Labute approximate surface area is 143 Å². The van der Waals surface area contributed by atoms with Gasteiger partial charge in [0.25, 0.3) is 0 Å². The fourth-order valence-electron chi connectivity index (χ4n) is 1.77. The standard InChI is InChI=1S/C19H21O4P/c1-19(2,20)13-14-24(21,22-15-17-9-5-3-6-10-17)23-16-18-11-7-4-8-12-18/h3-12,20H,15-16H2,1-2H3. The van der Waals surface area contributed by atoms with Crippen molar-refractivity contribution >= 4 is 7.60 Å². The summed E-state index contributed by atoms with van der Waals surface area (Å²) < 4.78 is 23.8. The highest BCUT2D eigenvalue weighted by molar-refractivity contribution is 7.59. The van der Waals surface area contributed by atoms with E-state index in [4.69, 9.17) is 9.05 Å². The fourth-order valence-corrected chi connectivity index (χ4v) is 3.03. The number of benzene rings is 2. The van der Waals surface area contributed by atoms with E-state index in [0.29, 0.717) is 0 Å². The second-order valence-corrected chi connectivity index (χ2v) is 7.55. The van der Waals surface area contributed by atoms with Gasteiger partial charge >= 0.3 is 7.60 Å². The van der Waals surface area contributed by atoms with Crippen LogP contribution < -0.4 is 0 Å². The normalized spacial score (nSPS) is 11.6. The third-order valence-corrected chi connectivity index (χ3v) is 4.31. The quantitative estimate of drug-likeness (QED) is 0.625. The fraction of sp³-hybridized carbons (Fsp3) is 0.263. The lowest BCUT2D eigenvalue weighted by Gasteiger charge is -2.14. The third kappa shape index (κ3) is 6.70. The van der Waals surface area contributed by atoms with Gasteiger partial charge in [0.05, 0.1) is 13.2 Å². The number of hydrogen-bond donors (Lipinski definition) is 1. The zero-order chi connectivity index (χ0) is 17.5. The van der Waals surface area contributed by atoms with Crippen LogP contribution in [0.5, 0.6) is 0 Å². The molecule has 2 aromatic carbocycles. The average Bonchev–Trinajstić information content (AvgIpc) is 2.58. The van der Waals surface area contributed by atoms with E-state index in [2.05, 4.69) is 11.6 Å². The maximum absolute atomic E-state index is 12.9. The van der Waals surface area contributed by atoms with Crippen molar-refractivity contribution in [3.63, 3.8) is 0 Å². The van der Waals surface area contributed by atoms with Crippen molar-refractivity contribution in [3.05, 3.63) is 71.8 Å². The van der Waals surface area contributed by atoms with Gasteiger partial charge in [0.1, 0.15) is 5.60 Å². The molecule has 0 aliphatic heterocycles. The predicted octanol–water partition coefficient (Wildman–Crippen LogP) is 4.34. The summed E-state index contributed by atoms with van der Waals surface area (Å²) in [6, 6.07) is 18.7. The lowest BCUT2D eigenvalue weighted by Crippen LogP contribution is -2.14. The smallest absolute Gasteiger partial charge is 0.378 e. The van der Waals surface area contributed by atoms with Gasteiger partial charge in [-0.15, -0.1) is 0 Å². The number of rotatable bonds is 6. The molecule has 0 aliphatic carbocycles. The highest BCUT2D eigenvalue weighted by Crippen LogP contribution is 2.48. The minimum atomic E-state index is -3.67. The van der Waals surface area contributed by atoms with Crippen molar-refractivity contribution in [1.29, 1.82) is 0 Å². The molecule has 24 heavy (non-hydrogen) atoms. The molecule has 0 saturated heterocycles. The van der Waals surface area contributed by atoms with Crippen molar-refractivity contribution in [3.8, 4) is 11.6 Å². The molecule has 2 aromatic rings. The number of aliphatic hydroxyl groups is 1. The third-order valence-electron chi connectivity index (χ3n) is 2.99. The van der Waals surface area contributed by atoms with Gasteiger partial charge in [0.15, 0.2) is 0 Å². The van der Waals surface area contributed by atoms with E-state index in [1.54, 1.807) is 0 Å². The molecule has 0 radical (unpaired) electrons. The Hall–Kier alpha value is -1.89. The summed E-state index contributed by atoms with van der Waals surface area (Å²) in [6.07, 6.45) is 0. The Morgan fingerprint density at radius 3 is 1.71 bits per heavy atom. The highest BCUT2D eigenvalue weighted by Gasteiger charge is 2.23. The Morgan fingerprint density at radius 1 is 0.917 bits per heavy atom. The van der Waals surface area contributed by atoms with Crippen LogP contribution in [0.15, 0.2) is 60.7 Å². The molecule has 0 aromatic heterocycles. The summed E-state index contributed by atoms with van der Waals surface area (Å²) in [5.74, 6) is 2.53. The van der Waals surface area contributed by atoms with Gasteiger partial charge in [-0.05, 0) is 25.0 Å².